The van der Waals surface area contributed by atoms with Crippen LogP contribution in [0.5, 0.6) is 0 Å². The molecular weight excluding hydrogens is 234 g/mol. The second-order valence-electron chi connectivity index (χ2n) is 6.26. The molecule has 2 nitrogen and oxygen atoms in total. The van der Waals surface area contributed by atoms with Crippen molar-refractivity contribution >= 4 is 0 Å². The van der Waals surface area contributed by atoms with Gasteiger partial charge in [0.1, 0.15) is 0 Å². The molecule has 0 atom stereocenters. The predicted octanol–water partition coefficient (Wildman–Crippen LogP) is 3.96. The largest absolute Gasteiger partial charge is 0.390 e. The molecular formula is C17H31NO. The molecule has 0 radical (unpaired) electrons. The van der Waals surface area contributed by atoms with Crippen LogP contribution in [0.15, 0.2) is 23.3 Å². The van der Waals surface area contributed by atoms with Gasteiger partial charge in [0.25, 0.3) is 0 Å². The van der Waals surface area contributed by atoms with Crippen molar-refractivity contribution in [1.82, 2.24) is 5.32 Å². The SMILES string of the molecule is CC(C)=CCCC(C)=CCNCCC1(O)CCCC1. The first-order valence-corrected chi connectivity index (χ1v) is 7.74. The molecule has 0 spiro atoms. The first-order valence-electron chi connectivity index (χ1n) is 7.74. The molecule has 0 saturated heterocycles. The van der Waals surface area contributed by atoms with E-state index in [0.29, 0.717) is 0 Å². The fraction of sp³-hybridized carbons (Fsp3) is 0.765. The van der Waals surface area contributed by atoms with Gasteiger partial charge in [0.05, 0.1) is 5.60 Å². The summed E-state index contributed by atoms with van der Waals surface area (Å²) < 4.78 is 0. The molecule has 0 heterocycles. The Morgan fingerprint density at radius 3 is 2.47 bits per heavy atom. The van der Waals surface area contributed by atoms with Gasteiger partial charge < -0.3 is 10.4 Å². The minimum Gasteiger partial charge on any atom is -0.390 e. The second-order valence-corrected chi connectivity index (χ2v) is 6.26. The second kappa shape index (κ2) is 8.55. The van der Waals surface area contributed by atoms with Gasteiger partial charge in [0.2, 0.25) is 0 Å². The van der Waals surface area contributed by atoms with Gasteiger partial charge in [-0.3, -0.25) is 0 Å². The number of hydrogen-bond acceptors (Lipinski definition) is 2. The van der Waals surface area contributed by atoms with Crippen LogP contribution in [-0.2, 0) is 0 Å². The minimum atomic E-state index is -0.366. The van der Waals surface area contributed by atoms with Crippen molar-refractivity contribution in [3.8, 4) is 0 Å². The Balaban J connectivity index is 2.07. The van der Waals surface area contributed by atoms with Gasteiger partial charge in [0.15, 0.2) is 0 Å². The average Bonchev–Trinajstić information content (AvgIpc) is 2.75. The Hall–Kier alpha value is -0.600. The quantitative estimate of drug-likeness (QED) is 0.514. The van der Waals surface area contributed by atoms with Gasteiger partial charge in [-0.25, -0.2) is 0 Å². The van der Waals surface area contributed by atoms with E-state index in [0.717, 1.165) is 45.2 Å². The first-order chi connectivity index (χ1) is 9.02. The molecule has 0 unspecified atom stereocenters. The van der Waals surface area contributed by atoms with Crippen LogP contribution in [-0.4, -0.2) is 23.8 Å². The number of hydrogen-bond donors (Lipinski definition) is 2. The third-order valence-corrected chi connectivity index (χ3v) is 3.99. The third kappa shape index (κ3) is 7.54. The van der Waals surface area contributed by atoms with Crippen LogP contribution in [0.2, 0.25) is 0 Å². The molecule has 0 aromatic heterocycles. The van der Waals surface area contributed by atoms with Crippen molar-refractivity contribution in [3.63, 3.8) is 0 Å². The highest BCUT2D eigenvalue weighted by Gasteiger charge is 2.29. The smallest absolute Gasteiger partial charge is 0.0659 e. The van der Waals surface area contributed by atoms with E-state index < -0.39 is 0 Å². The summed E-state index contributed by atoms with van der Waals surface area (Å²) in [6.07, 6.45) is 12.1. The summed E-state index contributed by atoms with van der Waals surface area (Å²) in [5.41, 5.74) is 2.48. The van der Waals surface area contributed by atoms with Crippen LogP contribution >= 0.6 is 0 Å². The van der Waals surface area contributed by atoms with Crippen LogP contribution in [0.25, 0.3) is 0 Å². The Morgan fingerprint density at radius 1 is 1.16 bits per heavy atom. The van der Waals surface area contributed by atoms with Crippen molar-refractivity contribution in [2.45, 2.75) is 71.3 Å². The summed E-state index contributed by atoms with van der Waals surface area (Å²) in [5, 5.41) is 13.6. The van der Waals surface area contributed by atoms with Crippen molar-refractivity contribution in [2.24, 2.45) is 0 Å². The van der Waals surface area contributed by atoms with Crippen molar-refractivity contribution in [3.05, 3.63) is 23.3 Å². The molecule has 110 valence electrons. The fourth-order valence-corrected chi connectivity index (χ4v) is 2.64. The maximum atomic E-state index is 10.2. The Labute approximate surface area is 119 Å². The molecule has 1 fully saturated rings. The van der Waals surface area contributed by atoms with Crippen LogP contribution in [0.4, 0.5) is 0 Å². The maximum Gasteiger partial charge on any atom is 0.0659 e. The van der Waals surface area contributed by atoms with Gasteiger partial charge in [-0.2, -0.15) is 0 Å². The van der Waals surface area contributed by atoms with Crippen LogP contribution < -0.4 is 5.32 Å². The summed E-state index contributed by atoms with van der Waals surface area (Å²) >= 11 is 0. The topological polar surface area (TPSA) is 32.3 Å². The summed E-state index contributed by atoms with van der Waals surface area (Å²) in [7, 11) is 0. The molecule has 19 heavy (non-hydrogen) atoms. The third-order valence-electron chi connectivity index (χ3n) is 3.99. The zero-order valence-electron chi connectivity index (χ0n) is 13.0. The van der Waals surface area contributed by atoms with Gasteiger partial charge in [-0.15, -0.1) is 0 Å². The lowest BCUT2D eigenvalue weighted by Crippen LogP contribution is -2.30. The standard InChI is InChI=1S/C17H31NO/c1-15(2)7-6-8-16(3)9-13-18-14-12-17(19)10-4-5-11-17/h7,9,18-19H,4-6,8,10-14H2,1-3H3. The molecule has 2 N–H and O–H groups in total. The molecule has 0 aromatic rings. The van der Waals surface area contributed by atoms with Crippen LogP contribution in [0, 0.1) is 0 Å². The fourth-order valence-electron chi connectivity index (χ4n) is 2.64. The molecule has 1 aliphatic rings. The number of allylic oxidation sites excluding steroid dienone is 3. The zero-order valence-corrected chi connectivity index (χ0v) is 13.0. The predicted molar refractivity (Wildman–Crippen MR) is 83.3 cm³/mol. The van der Waals surface area contributed by atoms with E-state index in [1.54, 1.807) is 0 Å². The maximum absolute atomic E-state index is 10.2. The van der Waals surface area contributed by atoms with Crippen molar-refractivity contribution in [1.29, 1.82) is 0 Å². The van der Waals surface area contributed by atoms with E-state index in [-0.39, 0.29) is 5.60 Å². The normalized spacial score (nSPS) is 18.6. The lowest BCUT2D eigenvalue weighted by molar-refractivity contribution is 0.0394. The van der Waals surface area contributed by atoms with E-state index in [1.165, 1.54) is 24.0 Å². The van der Waals surface area contributed by atoms with Gasteiger partial charge in [0, 0.05) is 6.54 Å². The van der Waals surface area contributed by atoms with E-state index in [1.807, 2.05) is 0 Å². The molecule has 1 rings (SSSR count). The molecule has 0 amide bonds. The molecule has 0 aromatic carbocycles. The highest BCUT2D eigenvalue weighted by Crippen LogP contribution is 2.31. The summed E-state index contributed by atoms with van der Waals surface area (Å²) in [4.78, 5) is 0. The van der Waals surface area contributed by atoms with Crippen LogP contribution in [0.3, 0.4) is 0 Å². The lowest BCUT2D eigenvalue weighted by atomic mass is 9.98. The van der Waals surface area contributed by atoms with Crippen molar-refractivity contribution in [2.75, 3.05) is 13.1 Å². The summed E-state index contributed by atoms with van der Waals surface area (Å²) in [6.45, 7) is 8.35. The minimum absolute atomic E-state index is 0.366. The van der Waals surface area contributed by atoms with E-state index in [9.17, 15) is 5.11 Å². The van der Waals surface area contributed by atoms with Gasteiger partial charge in [-0.05, 0) is 59.4 Å². The molecule has 2 heteroatoms. The average molecular weight is 265 g/mol. The van der Waals surface area contributed by atoms with Crippen molar-refractivity contribution < 1.29 is 5.11 Å². The number of aliphatic hydroxyl groups is 1. The molecule has 1 aliphatic carbocycles. The van der Waals surface area contributed by atoms with Gasteiger partial charge >= 0.3 is 0 Å². The molecule has 0 aliphatic heterocycles. The zero-order chi connectivity index (χ0) is 14.1. The molecule has 1 saturated carbocycles. The monoisotopic (exact) mass is 265 g/mol. The Kier molecular flexibility index (Phi) is 7.40. The first kappa shape index (κ1) is 16.5. The Bertz CT molecular complexity index is 307. The van der Waals surface area contributed by atoms with Crippen LogP contribution in [0.1, 0.15) is 65.7 Å². The van der Waals surface area contributed by atoms with Gasteiger partial charge in [-0.1, -0.05) is 36.1 Å². The number of nitrogens with one attached hydrogen (secondary N) is 1. The van der Waals surface area contributed by atoms with E-state index in [4.69, 9.17) is 0 Å². The van der Waals surface area contributed by atoms with E-state index in [2.05, 4.69) is 38.2 Å². The summed E-state index contributed by atoms with van der Waals surface area (Å²) in [5.74, 6) is 0. The highest BCUT2D eigenvalue weighted by molar-refractivity contribution is 5.02. The summed E-state index contributed by atoms with van der Waals surface area (Å²) in [6, 6.07) is 0. The Morgan fingerprint density at radius 2 is 1.84 bits per heavy atom. The lowest BCUT2D eigenvalue weighted by Gasteiger charge is -2.21. The molecule has 0 bridgehead atoms. The number of rotatable bonds is 8. The highest BCUT2D eigenvalue weighted by atomic mass is 16.3. The van der Waals surface area contributed by atoms with E-state index >= 15 is 0 Å².